The Labute approximate surface area is 150 Å². The second-order valence-electron chi connectivity index (χ2n) is 7.37. The van der Waals surface area contributed by atoms with Crippen molar-refractivity contribution in [2.45, 2.75) is 51.1 Å². The number of rotatable bonds is 6. The Bertz CT molecular complexity index is 576. The van der Waals surface area contributed by atoms with E-state index in [1.54, 1.807) is 14.2 Å². The van der Waals surface area contributed by atoms with Gasteiger partial charge in [-0.25, -0.2) is 0 Å². The molecule has 0 bridgehead atoms. The van der Waals surface area contributed by atoms with Crippen LogP contribution in [-0.2, 0) is 11.3 Å². The van der Waals surface area contributed by atoms with Crippen LogP contribution in [0.4, 0.5) is 0 Å². The lowest BCUT2D eigenvalue weighted by molar-refractivity contribution is -0.919. The summed E-state index contributed by atoms with van der Waals surface area (Å²) in [5, 5.41) is 3.26. The Morgan fingerprint density at radius 2 is 1.84 bits per heavy atom. The van der Waals surface area contributed by atoms with Gasteiger partial charge in [-0.3, -0.25) is 4.79 Å². The fourth-order valence-electron chi connectivity index (χ4n) is 4.14. The summed E-state index contributed by atoms with van der Waals surface area (Å²) in [5.41, 5.74) is 1.17. The molecular formula is C20H31N2O3+. The van der Waals surface area contributed by atoms with Gasteiger partial charge in [-0.1, -0.05) is 12.8 Å². The van der Waals surface area contributed by atoms with Gasteiger partial charge in [0.2, 0.25) is 5.91 Å². The molecule has 5 heteroatoms. The lowest BCUT2D eigenvalue weighted by atomic mass is 9.95. The summed E-state index contributed by atoms with van der Waals surface area (Å²) in [6.07, 6.45) is 6.78. The highest BCUT2D eigenvalue weighted by Gasteiger charge is 2.29. The van der Waals surface area contributed by atoms with Crippen LogP contribution >= 0.6 is 0 Å². The van der Waals surface area contributed by atoms with Crippen molar-refractivity contribution in [2.24, 2.45) is 5.92 Å². The molecule has 1 aromatic carbocycles. The molecule has 1 saturated heterocycles. The molecule has 1 aliphatic heterocycles. The highest BCUT2D eigenvalue weighted by atomic mass is 16.5. The predicted octanol–water partition coefficient (Wildman–Crippen LogP) is 1.56. The van der Waals surface area contributed by atoms with Crippen molar-refractivity contribution in [1.82, 2.24) is 5.32 Å². The van der Waals surface area contributed by atoms with Gasteiger partial charge in [-0.05, 0) is 31.0 Å². The molecule has 2 fully saturated rings. The summed E-state index contributed by atoms with van der Waals surface area (Å²) in [6.45, 7) is 2.98. The number of methoxy groups -OCH3 is 2. The maximum Gasteiger partial charge on any atom is 0.223 e. The zero-order valence-corrected chi connectivity index (χ0v) is 15.5. The first kappa shape index (κ1) is 18.1. The molecule has 0 radical (unpaired) electrons. The van der Waals surface area contributed by atoms with Gasteiger partial charge in [0.05, 0.1) is 32.9 Å². The Morgan fingerprint density at radius 3 is 2.48 bits per heavy atom. The van der Waals surface area contributed by atoms with E-state index in [1.165, 1.54) is 23.3 Å². The van der Waals surface area contributed by atoms with Crippen LogP contribution in [0.3, 0.4) is 0 Å². The van der Waals surface area contributed by atoms with Gasteiger partial charge in [0.15, 0.2) is 0 Å². The molecule has 0 aromatic heterocycles. The van der Waals surface area contributed by atoms with Crippen LogP contribution in [0.25, 0.3) is 0 Å². The van der Waals surface area contributed by atoms with Crippen LogP contribution in [-0.4, -0.2) is 39.3 Å². The first-order valence-electron chi connectivity index (χ1n) is 9.54. The molecule has 1 aliphatic carbocycles. The van der Waals surface area contributed by atoms with E-state index in [0.29, 0.717) is 6.04 Å². The number of likely N-dealkylation sites (tertiary alicyclic amines) is 1. The van der Waals surface area contributed by atoms with Gasteiger partial charge in [-0.15, -0.1) is 0 Å². The number of piperidine rings is 1. The summed E-state index contributed by atoms with van der Waals surface area (Å²) in [6, 6.07) is 6.39. The third-order valence-electron chi connectivity index (χ3n) is 5.69. The van der Waals surface area contributed by atoms with E-state index < -0.39 is 0 Å². The average molecular weight is 347 g/mol. The molecule has 5 nitrogen and oxygen atoms in total. The number of nitrogens with one attached hydrogen (secondary N) is 2. The van der Waals surface area contributed by atoms with E-state index in [-0.39, 0.29) is 11.8 Å². The lowest BCUT2D eigenvalue weighted by Crippen LogP contribution is -3.11. The molecule has 1 amide bonds. The van der Waals surface area contributed by atoms with Crippen LogP contribution in [0.2, 0.25) is 0 Å². The number of quaternary nitrogens is 1. The largest absolute Gasteiger partial charge is 0.497 e. The van der Waals surface area contributed by atoms with Gasteiger partial charge in [0, 0.05) is 24.8 Å². The number of hydrogen-bond donors (Lipinski definition) is 2. The number of ether oxygens (including phenoxy) is 2. The molecule has 0 atom stereocenters. The van der Waals surface area contributed by atoms with E-state index in [9.17, 15) is 4.79 Å². The number of amides is 1. The van der Waals surface area contributed by atoms with E-state index >= 15 is 0 Å². The standard InChI is InChI=1S/C20H30N2O3/c1-24-18-7-8-19(25-2)16(13-18)14-22-11-9-15(10-12-22)20(23)21-17-5-3-4-6-17/h7-8,13,15,17H,3-6,9-12,14H2,1-2H3,(H,21,23)/p+1. The van der Waals surface area contributed by atoms with Crippen LogP contribution in [0, 0.1) is 5.92 Å². The topological polar surface area (TPSA) is 52.0 Å². The van der Waals surface area contributed by atoms with Gasteiger partial charge in [-0.2, -0.15) is 0 Å². The van der Waals surface area contributed by atoms with Crippen LogP contribution in [0.1, 0.15) is 44.1 Å². The third kappa shape index (κ3) is 4.66. The van der Waals surface area contributed by atoms with E-state index in [4.69, 9.17) is 9.47 Å². The number of carbonyl (C=O) groups excluding carboxylic acids is 1. The molecular weight excluding hydrogens is 316 g/mol. The number of benzene rings is 1. The summed E-state index contributed by atoms with van der Waals surface area (Å²) >= 11 is 0. The molecule has 138 valence electrons. The van der Waals surface area contributed by atoms with Crippen molar-refractivity contribution < 1.29 is 19.2 Å². The first-order valence-corrected chi connectivity index (χ1v) is 9.54. The number of hydrogen-bond acceptors (Lipinski definition) is 3. The maximum atomic E-state index is 12.4. The van der Waals surface area contributed by atoms with Crippen molar-refractivity contribution in [2.75, 3.05) is 27.3 Å². The quantitative estimate of drug-likeness (QED) is 0.821. The highest BCUT2D eigenvalue weighted by molar-refractivity contribution is 5.79. The Hall–Kier alpha value is -1.75. The molecule has 1 saturated carbocycles. The van der Waals surface area contributed by atoms with Crippen LogP contribution in [0.15, 0.2) is 18.2 Å². The summed E-state index contributed by atoms with van der Waals surface area (Å²) in [4.78, 5) is 14.0. The predicted molar refractivity (Wildman–Crippen MR) is 97.1 cm³/mol. The van der Waals surface area contributed by atoms with E-state index in [2.05, 4.69) is 11.4 Å². The molecule has 1 aromatic rings. The second kappa shape index (κ2) is 8.56. The van der Waals surface area contributed by atoms with Gasteiger partial charge >= 0.3 is 0 Å². The Morgan fingerprint density at radius 1 is 1.12 bits per heavy atom. The first-order chi connectivity index (χ1) is 12.2. The van der Waals surface area contributed by atoms with Crippen molar-refractivity contribution >= 4 is 5.91 Å². The van der Waals surface area contributed by atoms with E-state index in [1.807, 2.05) is 12.1 Å². The molecule has 1 heterocycles. The molecule has 2 aliphatic rings. The molecule has 3 rings (SSSR count). The number of carbonyl (C=O) groups is 1. The zero-order chi connectivity index (χ0) is 17.6. The van der Waals surface area contributed by atoms with Gasteiger partial charge in [0.25, 0.3) is 0 Å². The third-order valence-corrected chi connectivity index (χ3v) is 5.69. The minimum absolute atomic E-state index is 0.191. The van der Waals surface area contributed by atoms with Crippen molar-refractivity contribution in [1.29, 1.82) is 0 Å². The Kier molecular flexibility index (Phi) is 6.19. The highest BCUT2D eigenvalue weighted by Crippen LogP contribution is 2.24. The normalized spacial score (nSPS) is 24.1. The van der Waals surface area contributed by atoms with Crippen LogP contribution < -0.4 is 19.7 Å². The molecule has 0 unspecified atom stereocenters. The van der Waals surface area contributed by atoms with Crippen molar-refractivity contribution in [3.8, 4) is 11.5 Å². The monoisotopic (exact) mass is 347 g/mol. The minimum Gasteiger partial charge on any atom is -0.497 e. The molecule has 2 N–H and O–H groups in total. The fourth-order valence-corrected chi connectivity index (χ4v) is 4.14. The minimum atomic E-state index is 0.191. The average Bonchev–Trinajstić information content (AvgIpc) is 3.15. The summed E-state index contributed by atoms with van der Waals surface area (Å²) in [7, 11) is 3.40. The second-order valence-corrected chi connectivity index (χ2v) is 7.37. The summed E-state index contributed by atoms with van der Waals surface area (Å²) < 4.78 is 10.8. The molecule has 25 heavy (non-hydrogen) atoms. The lowest BCUT2D eigenvalue weighted by Gasteiger charge is -2.29. The zero-order valence-electron chi connectivity index (χ0n) is 15.5. The molecule has 0 spiro atoms. The van der Waals surface area contributed by atoms with Gasteiger partial charge < -0.3 is 19.7 Å². The Balaban J connectivity index is 1.51. The van der Waals surface area contributed by atoms with Crippen molar-refractivity contribution in [3.05, 3.63) is 23.8 Å². The SMILES string of the molecule is COc1ccc(OC)c(C[NH+]2CCC(C(=O)NC3CCCC3)CC2)c1. The van der Waals surface area contributed by atoms with Crippen LogP contribution in [0.5, 0.6) is 11.5 Å². The van der Waals surface area contributed by atoms with Gasteiger partial charge in [0.1, 0.15) is 18.0 Å². The van der Waals surface area contributed by atoms with Crippen molar-refractivity contribution in [3.63, 3.8) is 0 Å². The fraction of sp³-hybridized carbons (Fsp3) is 0.650. The smallest absolute Gasteiger partial charge is 0.223 e. The maximum absolute atomic E-state index is 12.4. The van der Waals surface area contributed by atoms with E-state index in [0.717, 1.165) is 56.8 Å². The summed E-state index contributed by atoms with van der Waals surface area (Å²) in [5.74, 6) is 2.25.